The van der Waals surface area contributed by atoms with Crippen LogP contribution < -0.4 is 10.1 Å². The maximum atomic E-state index is 5.67. The topological polar surface area (TPSA) is 37.4 Å². The lowest BCUT2D eigenvalue weighted by Gasteiger charge is -2.35. The first-order valence-corrected chi connectivity index (χ1v) is 7.96. The number of aromatic nitrogens is 1. The minimum absolute atomic E-state index is 0.233. The first kappa shape index (κ1) is 15.0. The van der Waals surface area contributed by atoms with Gasteiger partial charge in [0.1, 0.15) is 5.75 Å². The second kappa shape index (κ2) is 7.38. The normalized spacial score (nSPS) is 17.1. The van der Waals surface area contributed by atoms with Crippen LogP contribution in [0.15, 0.2) is 48.8 Å². The molecule has 1 aromatic heterocycles. The first-order chi connectivity index (χ1) is 10.9. The SMILES string of the molecule is CCOc1cccc(C(c2cccnc2)N2CCNCC2)c1. The predicted molar refractivity (Wildman–Crippen MR) is 88.1 cm³/mol. The van der Waals surface area contributed by atoms with E-state index >= 15 is 0 Å². The summed E-state index contributed by atoms with van der Waals surface area (Å²) < 4.78 is 5.67. The van der Waals surface area contributed by atoms with Crippen LogP contribution in [0.4, 0.5) is 0 Å². The number of rotatable bonds is 5. The van der Waals surface area contributed by atoms with Crippen LogP contribution in [0.25, 0.3) is 0 Å². The van der Waals surface area contributed by atoms with Crippen molar-refractivity contribution in [2.24, 2.45) is 0 Å². The third-order valence-corrected chi connectivity index (χ3v) is 4.00. The van der Waals surface area contributed by atoms with Crippen molar-refractivity contribution in [2.45, 2.75) is 13.0 Å². The van der Waals surface area contributed by atoms with Crippen molar-refractivity contribution in [3.63, 3.8) is 0 Å². The van der Waals surface area contributed by atoms with Gasteiger partial charge < -0.3 is 10.1 Å². The van der Waals surface area contributed by atoms with E-state index in [1.165, 1.54) is 11.1 Å². The van der Waals surface area contributed by atoms with Crippen molar-refractivity contribution in [2.75, 3.05) is 32.8 Å². The van der Waals surface area contributed by atoms with Gasteiger partial charge in [-0.3, -0.25) is 9.88 Å². The number of piperazine rings is 1. The average molecular weight is 297 g/mol. The number of nitrogens with one attached hydrogen (secondary N) is 1. The molecule has 1 unspecified atom stereocenters. The molecule has 22 heavy (non-hydrogen) atoms. The molecule has 1 fully saturated rings. The van der Waals surface area contributed by atoms with Crippen LogP contribution in [0.5, 0.6) is 5.75 Å². The van der Waals surface area contributed by atoms with Crippen LogP contribution >= 0.6 is 0 Å². The number of nitrogens with zero attached hydrogens (tertiary/aromatic N) is 2. The zero-order valence-corrected chi connectivity index (χ0v) is 13.0. The van der Waals surface area contributed by atoms with E-state index in [2.05, 4.69) is 39.5 Å². The molecule has 0 bridgehead atoms. The summed E-state index contributed by atoms with van der Waals surface area (Å²) in [7, 11) is 0. The Morgan fingerprint density at radius 3 is 2.73 bits per heavy atom. The highest BCUT2D eigenvalue weighted by molar-refractivity contribution is 5.36. The summed E-state index contributed by atoms with van der Waals surface area (Å²) in [6.45, 7) is 6.84. The highest BCUT2D eigenvalue weighted by atomic mass is 16.5. The second-order valence-electron chi connectivity index (χ2n) is 5.48. The summed E-state index contributed by atoms with van der Waals surface area (Å²) in [5.41, 5.74) is 2.50. The van der Waals surface area contributed by atoms with Crippen molar-refractivity contribution >= 4 is 0 Å². The minimum Gasteiger partial charge on any atom is -0.494 e. The molecular weight excluding hydrogens is 274 g/mol. The number of pyridine rings is 1. The third-order valence-electron chi connectivity index (χ3n) is 4.00. The van der Waals surface area contributed by atoms with E-state index in [-0.39, 0.29) is 6.04 Å². The Kier molecular flexibility index (Phi) is 5.03. The Morgan fingerprint density at radius 2 is 2.00 bits per heavy atom. The third kappa shape index (κ3) is 3.46. The van der Waals surface area contributed by atoms with E-state index in [1.54, 1.807) is 0 Å². The maximum Gasteiger partial charge on any atom is 0.119 e. The summed E-state index contributed by atoms with van der Waals surface area (Å²) in [4.78, 5) is 6.82. The Bertz CT molecular complexity index is 582. The molecule has 4 heteroatoms. The number of hydrogen-bond donors (Lipinski definition) is 1. The predicted octanol–water partition coefficient (Wildman–Crippen LogP) is 2.47. The van der Waals surface area contributed by atoms with Gasteiger partial charge in [0.15, 0.2) is 0 Å². The molecule has 2 aromatic rings. The smallest absolute Gasteiger partial charge is 0.119 e. The molecule has 1 N–H and O–H groups in total. The van der Waals surface area contributed by atoms with Crippen molar-refractivity contribution < 1.29 is 4.74 Å². The molecule has 116 valence electrons. The van der Waals surface area contributed by atoms with Crippen molar-refractivity contribution in [1.29, 1.82) is 0 Å². The van der Waals surface area contributed by atoms with Crippen LogP contribution in [0.2, 0.25) is 0 Å². The molecule has 0 spiro atoms. The van der Waals surface area contributed by atoms with Crippen LogP contribution in [-0.4, -0.2) is 42.7 Å². The summed E-state index contributed by atoms with van der Waals surface area (Å²) >= 11 is 0. The first-order valence-electron chi connectivity index (χ1n) is 7.96. The molecule has 0 amide bonds. The van der Waals surface area contributed by atoms with E-state index in [1.807, 2.05) is 31.5 Å². The van der Waals surface area contributed by atoms with Crippen LogP contribution in [0, 0.1) is 0 Å². The number of hydrogen-bond acceptors (Lipinski definition) is 4. The fourth-order valence-electron chi connectivity index (χ4n) is 3.03. The fraction of sp³-hybridized carbons (Fsp3) is 0.389. The van der Waals surface area contributed by atoms with Crippen molar-refractivity contribution in [3.05, 3.63) is 59.9 Å². The highest BCUT2D eigenvalue weighted by Gasteiger charge is 2.24. The van der Waals surface area contributed by atoms with E-state index in [0.717, 1.165) is 31.9 Å². The van der Waals surface area contributed by atoms with Gasteiger partial charge in [-0.05, 0) is 36.2 Å². The van der Waals surface area contributed by atoms with E-state index < -0.39 is 0 Å². The van der Waals surface area contributed by atoms with Gasteiger partial charge in [-0.2, -0.15) is 0 Å². The Hall–Kier alpha value is -1.91. The van der Waals surface area contributed by atoms with Gasteiger partial charge in [0.05, 0.1) is 12.6 Å². The minimum atomic E-state index is 0.233. The average Bonchev–Trinajstić information content (AvgIpc) is 2.58. The molecule has 1 atom stereocenters. The van der Waals surface area contributed by atoms with Crippen LogP contribution in [-0.2, 0) is 0 Å². The lowest BCUT2D eigenvalue weighted by molar-refractivity contribution is 0.198. The van der Waals surface area contributed by atoms with Gasteiger partial charge in [0.2, 0.25) is 0 Å². The molecule has 1 aromatic carbocycles. The summed E-state index contributed by atoms with van der Waals surface area (Å²) in [6, 6.07) is 12.8. The van der Waals surface area contributed by atoms with Gasteiger partial charge in [-0.1, -0.05) is 18.2 Å². The van der Waals surface area contributed by atoms with E-state index in [9.17, 15) is 0 Å². The summed E-state index contributed by atoms with van der Waals surface area (Å²) in [5, 5.41) is 3.42. The Morgan fingerprint density at radius 1 is 1.18 bits per heavy atom. The van der Waals surface area contributed by atoms with Gasteiger partial charge in [0.25, 0.3) is 0 Å². The molecular formula is C18H23N3O. The van der Waals surface area contributed by atoms with Gasteiger partial charge >= 0.3 is 0 Å². The molecule has 1 saturated heterocycles. The van der Waals surface area contributed by atoms with Gasteiger partial charge in [-0.25, -0.2) is 0 Å². The number of ether oxygens (including phenoxy) is 1. The second-order valence-corrected chi connectivity index (χ2v) is 5.48. The molecule has 1 aliphatic heterocycles. The van der Waals surface area contributed by atoms with Crippen LogP contribution in [0.3, 0.4) is 0 Å². The standard InChI is InChI=1S/C18H23N3O/c1-2-22-17-7-3-5-15(13-17)18(16-6-4-8-20-14-16)21-11-9-19-10-12-21/h3-8,13-14,18-19H,2,9-12H2,1H3. The summed E-state index contributed by atoms with van der Waals surface area (Å²) in [6.07, 6.45) is 3.80. The summed E-state index contributed by atoms with van der Waals surface area (Å²) in [5.74, 6) is 0.934. The molecule has 1 aliphatic rings. The Balaban J connectivity index is 1.95. The van der Waals surface area contributed by atoms with E-state index in [0.29, 0.717) is 6.61 Å². The zero-order chi connectivity index (χ0) is 15.2. The quantitative estimate of drug-likeness (QED) is 0.920. The van der Waals surface area contributed by atoms with Gasteiger partial charge in [0, 0.05) is 38.6 Å². The van der Waals surface area contributed by atoms with Gasteiger partial charge in [-0.15, -0.1) is 0 Å². The molecule has 0 saturated carbocycles. The molecule has 0 radical (unpaired) electrons. The lowest BCUT2D eigenvalue weighted by Crippen LogP contribution is -2.45. The molecule has 0 aliphatic carbocycles. The highest BCUT2D eigenvalue weighted by Crippen LogP contribution is 2.30. The zero-order valence-electron chi connectivity index (χ0n) is 13.0. The monoisotopic (exact) mass is 297 g/mol. The lowest BCUT2D eigenvalue weighted by atomic mass is 9.97. The number of benzene rings is 1. The molecule has 4 nitrogen and oxygen atoms in total. The maximum absolute atomic E-state index is 5.67. The molecule has 3 rings (SSSR count). The van der Waals surface area contributed by atoms with Crippen molar-refractivity contribution in [3.8, 4) is 5.75 Å². The largest absolute Gasteiger partial charge is 0.494 e. The van der Waals surface area contributed by atoms with Crippen LogP contribution in [0.1, 0.15) is 24.1 Å². The Labute approximate surface area is 132 Å². The molecule has 2 heterocycles. The fourth-order valence-corrected chi connectivity index (χ4v) is 3.03. The van der Waals surface area contributed by atoms with E-state index in [4.69, 9.17) is 4.74 Å². The van der Waals surface area contributed by atoms with Crippen molar-refractivity contribution in [1.82, 2.24) is 15.2 Å².